The number of nitrogens with zero attached hydrogens (tertiary/aromatic N) is 1. The summed E-state index contributed by atoms with van der Waals surface area (Å²) in [5.74, 6) is 0.00245. The van der Waals surface area contributed by atoms with Gasteiger partial charge in [0.25, 0.3) is 0 Å². The largest absolute Gasteiger partial charge is 0.485 e. The van der Waals surface area contributed by atoms with Crippen LogP contribution >= 0.6 is 0 Å². The van der Waals surface area contributed by atoms with Crippen LogP contribution in [0.25, 0.3) is 0 Å². The average molecular weight is 275 g/mol. The maximum atomic E-state index is 11.1. The molecule has 18 heavy (non-hydrogen) atoms. The van der Waals surface area contributed by atoms with Gasteiger partial charge in [0.1, 0.15) is 6.61 Å². The number of nitro groups is 1. The van der Waals surface area contributed by atoms with Gasteiger partial charge in [-0.3, -0.25) is 10.1 Å². The lowest BCUT2D eigenvalue weighted by atomic mass is 10.3. The molecular weight excluding hydrogens is 262 g/mol. The van der Waals surface area contributed by atoms with Crippen LogP contribution in [0.5, 0.6) is 5.75 Å². The Bertz CT molecular complexity index is 543. The molecule has 9 heteroatoms. The van der Waals surface area contributed by atoms with Crippen molar-refractivity contribution < 1.29 is 18.1 Å². The second-order valence-electron chi connectivity index (χ2n) is 3.38. The number of hydrogen-bond acceptors (Lipinski definition) is 6. The third kappa shape index (κ3) is 3.65. The molecule has 0 saturated heterocycles. The molecule has 1 aromatic rings. The minimum Gasteiger partial charge on any atom is -0.485 e. The smallest absolute Gasteiger partial charge is 0.312 e. The van der Waals surface area contributed by atoms with E-state index in [0.29, 0.717) is 6.54 Å². The first kappa shape index (κ1) is 14.4. The molecule has 0 atom stereocenters. The number of sulfonamides is 1. The first-order valence-electron chi connectivity index (χ1n) is 4.95. The van der Waals surface area contributed by atoms with Gasteiger partial charge in [-0.15, -0.1) is 0 Å². The van der Waals surface area contributed by atoms with Crippen LogP contribution in [0, 0.1) is 10.1 Å². The molecule has 0 unspecified atom stereocenters. The number of likely N-dealkylation sites (N-methyl/N-ethyl adjacent to an activating group) is 1. The topological polar surface area (TPSA) is 125 Å². The molecule has 0 aliphatic carbocycles. The fraction of sp³-hybridized carbons (Fsp3) is 0.333. The predicted octanol–water partition coefficient (Wildman–Crippen LogP) is -0.160. The zero-order chi connectivity index (χ0) is 13.8. The Morgan fingerprint density at radius 2 is 2.17 bits per heavy atom. The first-order chi connectivity index (χ1) is 8.36. The highest BCUT2D eigenvalue weighted by Crippen LogP contribution is 2.29. The molecule has 0 bridgehead atoms. The van der Waals surface area contributed by atoms with Crippen LogP contribution in [-0.4, -0.2) is 33.5 Å². The Hall–Kier alpha value is -1.71. The molecule has 1 aromatic carbocycles. The number of ether oxygens (including phenoxy) is 1. The van der Waals surface area contributed by atoms with Gasteiger partial charge >= 0.3 is 5.69 Å². The summed E-state index contributed by atoms with van der Waals surface area (Å²) >= 11 is 0. The minimum absolute atomic E-state index is 0.00245. The first-order valence-corrected chi connectivity index (χ1v) is 6.49. The molecule has 0 aliphatic heterocycles. The summed E-state index contributed by atoms with van der Waals surface area (Å²) in [5.41, 5.74) is -0.433. The normalized spacial score (nSPS) is 11.2. The number of nitrogens with one attached hydrogen (secondary N) is 1. The second-order valence-corrected chi connectivity index (χ2v) is 4.95. The van der Waals surface area contributed by atoms with Gasteiger partial charge in [-0.2, -0.15) is 0 Å². The highest BCUT2D eigenvalue weighted by molar-refractivity contribution is 7.89. The van der Waals surface area contributed by atoms with Crippen molar-refractivity contribution in [2.45, 2.75) is 4.90 Å². The summed E-state index contributed by atoms with van der Waals surface area (Å²) in [4.78, 5) is 9.77. The SMILES string of the molecule is CNCCOc1ccc(S(N)(=O)=O)cc1[N+](=O)[O-]. The van der Waals surface area contributed by atoms with Crippen LogP contribution in [0.3, 0.4) is 0 Å². The molecule has 0 aromatic heterocycles. The van der Waals surface area contributed by atoms with E-state index in [1.54, 1.807) is 7.05 Å². The van der Waals surface area contributed by atoms with E-state index >= 15 is 0 Å². The van der Waals surface area contributed by atoms with Crippen molar-refractivity contribution in [2.75, 3.05) is 20.2 Å². The maximum Gasteiger partial charge on any atom is 0.312 e. The van der Waals surface area contributed by atoms with Gasteiger partial charge in [0, 0.05) is 12.6 Å². The number of hydrogen-bond donors (Lipinski definition) is 2. The van der Waals surface area contributed by atoms with Gasteiger partial charge in [-0.25, -0.2) is 13.6 Å². The van der Waals surface area contributed by atoms with Gasteiger partial charge in [-0.05, 0) is 19.2 Å². The third-order valence-corrected chi connectivity index (χ3v) is 2.98. The van der Waals surface area contributed by atoms with E-state index in [1.807, 2.05) is 0 Å². The van der Waals surface area contributed by atoms with Crippen molar-refractivity contribution in [2.24, 2.45) is 5.14 Å². The van der Waals surface area contributed by atoms with Crippen LogP contribution in [0.15, 0.2) is 23.1 Å². The van der Waals surface area contributed by atoms with Crippen molar-refractivity contribution in [1.29, 1.82) is 0 Å². The summed E-state index contributed by atoms with van der Waals surface area (Å²) in [6.45, 7) is 0.736. The van der Waals surface area contributed by atoms with Gasteiger partial charge in [0.05, 0.1) is 9.82 Å². The Balaban J connectivity index is 3.09. The summed E-state index contributed by atoms with van der Waals surface area (Å²) in [6.07, 6.45) is 0. The van der Waals surface area contributed by atoms with E-state index in [-0.39, 0.29) is 17.3 Å². The van der Waals surface area contributed by atoms with Gasteiger partial charge < -0.3 is 10.1 Å². The highest BCUT2D eigenvalue weighted by atomic mass is 32.2. The van der Waals surface area contributed by atoms with Crippen molar-refractivity contribution >= 4 is 15.7 Å². The number of benzene rings is 1. The molecule has 0 aliphatic rings. The van der Waals surface area contributed by atoms with E-state index in [4.69, 9.17) is 9.88 Å². The number of primary sulfonamides is 1. The molecule has 0 saturated carbocycles. The standard InChI is InChI=1S/C9H13N3O5S/c1-11-4-5-17-9-3-2-7(18(10,15)16)6-8(9)12(13)14/h2-3,6,11H,4-5H2,1H3,(H2,10,15,16). The zero-order valence-electron chi connectivity index (χ0n) is 9.62. The molecule has 0 radical (unpaired) electrons. The lowest BCUT2D eigenvalue weighted by Crippen LogP contribution is -2.17. The summed E-state index contributed by atoms with van der Waals surface area (Å²) in [5, 5.41) is 18.5. The Morgan fingerprint density at radius 1 is 1.50 bits per heavy atom. The van der Waals surface area contributed by atoms with E-state index < -0.39 is 20.6 Å². The molecule has 0 fully saturated rings. The quantitative estimate of drug-likeness (QED) is 0.422. The van der Waals surface area contributed by atoms with Crippen molar-refractivity contribution in [3.05, 3.63) is 28.3 Å². The zero-order valence-corrected chi connectivity index (χ0v) is 10.4. The van der Waals surface area contributed by atoms with Gasteiger partial charge in [-0.1, -0.05) is 0 Å². The molecular formula is C9H13N3O5S. The maximum absolute atomic E-state index is 11.1. The molecule has 0 spiro atoms. The number of rotatable bonds is 6. The van der Waals surface area contributed by atoms with Crippen LogP contribution in [0.1, 0.15) is 0 Å². The molecule has 8 nitrogen and oxygen atoms in total. The summed E-state index contributed by atoms with van der Waals surface area (Å²) in [7, 11) is -2.26. The van der Waals surface area contributed by atoms with Crippen molar-refractivity contribution in [3.8, 4) is 5.75 Å². The fourth-order valence-corrected chi connectivity index (χ4v) is 1.74. The predicted molar refractivity (Wildman–Crippen MR) is 63.9 cm³/mol. The van der Waals surface area contributed by atoms with E-state index in [2.05, 4.69) is 5.32 Å². The summed E-state index contributed by atoms with van der Waals surface area (Å²) < 4.78 is 27.3. The minimum atomic E-state index is -3.97. The monoisotopic (exact) mass is 275 g/mol. The lowest BCUT2D eigenvalue weighted by molar-refractivity contribution is -0.386. The highest BCUT2D eigenvalue weighted by Gasteiger charge is 2.19. The molecule has 0 heterocycles. The van der Waals surface area contributed by atoms with Crippen LogP contribution in [0.2, 0.25) is 0 Å². The van der Waals surface area contributed by atoms with E-state index in [0.717, 1.165) is 12.1 Å². The van der Waals surface area contributed by atoms with Crippen LogP contribution in [-0.2, 0) is 10.0 Å². The molecule has 100 valence electrons. The van der Waals surface area contributed by atoms with E-state index in [9.17, 15) is 18.5 Å². The van der Waals surface area contributed by atoms with E-state index in [1.165, 1.54) is 6.07 Å². The molecule has 0 amide bonds. The van der Waals surface area contributed by atoms with Crippen molar-refractivity contribution in [1.82, 2.24) is 5.32 Å². The molecule has 3 N–H and O–H groups in total. The number of nitro benzene ring substituents is 1. The second kappa shape index (κ2) is 5.76. The third-order valence-electron chi connectivity index (χ3n) is 2.07. The fourth-order valence-electron chi connectivity index (χ4n) is 1.20. The molecule has 1 rings (SSSR count). The van der Waals surface area contributed by atoms with Gasteiger partial charge in [0.2, 0.25) is 10.0 Å². The van der Waals surface area contributed by atoms with Crippen LogP contribution in [0.4, 0.5) is 5.69 Å². The lowest BCUT2D eigenvalue weighted by Gasteiger charge is -2.07. The van der Waals surface area contributed by atoms with Gasteiger partial charge in [0.15, 0.2) is 5.75 Å². The average Bonchev–Trinajstić information content (AvgIpc) is 2.28. The summed E-state index contributed by atoms with van der Waals surface area (Å²) in [6, 6.07) is 3.26. The Kier molecular flexibility index (Phi) is 4.59. The number of nitrogens with two attached hydrogens (primary N) is 1. The Labute approximate surface area is 104 Å². The van der Waals surface area contributed by atoms with Crippen molar-refractivity contribution in [3.63, 3.8) is 0 Å². The van der Waals surface area contributed by atoms with Crippen LogP contribution < -0.4 is 15.2 Å². The Morgan fingerprint density at radius 3 is 2.67 bits per heavy atom.